The molecule has 2 atom stereocenters. The van der Waals surface area contributed by atoms with Gasteiger partial charge in [0.05, 0.1) is 16.2 Å². The summed E-state index contributed by atoms with van der Waals surface area (Å²) in [4.78, 5) is 0. The van der Waals surface area contributed by atoms with Crippen molar-refractivity contribution in [2.24, 2.45) is 0 Å². The summed E-state index contributed by atoms with van der Waals surface area (Å²) in [6.07, 6.45) is 15.3. The maximum absolute atomic E-state index is 11.3. The molecule has 4 nitrogen and oxygen atoms in total. The molecule has 0 saturated heterocycles. The van der Waals surface area contributed by atoms with Gasteiger partial charge in [-0.1, -0.05) is 90.9 Å². The zero-order valence-corrected chi connectivity index (χ0v) is 20.4. The van der Waals surface area contributed by atoms with Gasteiger partial charge < -0.3 is 9.66 Å². The summed E-state index contributed by atoms with van der Waals surface area (Å²) >= 11 is 0. The number of unbranched alkanes of at least 4 members (excludes halogenated alkanes) is 9. The Kier molecular flexibility index (Phi) is 21.5. The molecule has 1 N–H and O–H groups in total. The molecule has 0 rings (SSSR count). The van der Waals surface area contributed by atoms with E-state index >= 15 is 0 Å². The van der Waals surface area contributed by atoms with Crippen LogP contribution >= 0.6 is 0 Å². The molecule has 0 aliphatic rings. The van der Waals surface area contributed by atoms with Gasteiger partial charge in [0.25, 0.3) is 0 Å². The standard InChI is InChI=1S/C20H42O4S.Na/c1-3-5-7-8-9-12-15-19(21)16-13-10-14-18-20(25(22,23)24)17-11-6-4-2;/h19-21H,3-18H2,1-2H3,(H,22,23,24);/q;+1/p-1. The normalized spacial score (nSPS) is 14.0. The first-order chi connectivity index (χ1) is 11.9. The molecule has 0 fully saturated rings. The maximum atomic E-state index is 11.3. The van der Waals surface area contributed by atoms with Gasteiger partial charge in [-0.05, 0) is 25.7 Å². The molecule has 0 aliphatic carbocycles. The third-order valence-electron chi connectivity index (χ3n) is 4.99. The summed E-state index contributed by atoms with van der Waals surface area (Å²) in [6, 6.07) is 0. The van der Waals surface area contributed by atoms with E-state index in [2.05, 4.69) is 13.8 Å². The van der Waals surface area contributed by atoms with Crippen molar-refractivity contribution in [1.29, 1.82) is 0 Å². The second-order valence-corrected chi connectivity index (χ2v) is 9.11. The van der Waals surface area contributed by atoms with Gasteiger partial charge in [-0.3, -0.25) is 0 Å². The van der Waals surface area contributed by atoms with Gasteiger partial charge in [0.1, 0.15) is 0 Å². The quantitative estimate of drug-likeness (QED) is 0.218. The van der Waals surface area contributed by atoms with Gasteiger partial charge in [0.2, 0.25) is 0 Å². The molecule has 0 saturated carbocycles. The summed E-state index contributed by atoms with van der Waals surface area (Å²) in [5, 5.41) is 9.27. The molecule has 0 aromatic heterocycles. The first kappa shape index (κ1) is 29.1. The molecule has 26 heavy (non-hydrogen) atoms. The number of rotatable bonds is 18. The van der Waals surface area contributed by atoms with Crippen molar-refractivity contribution < 1.29 is 47.6 Å². The molecule has 2 unspecified atom stereocenters. The van der Waals surface area contributed by atoms with Gasteiger partial charge in [0, 0.05) is 5.25 Å². The van der Waals surface area contributed by atoms with Crippen LogP contribution in [-0.4, -0.2) is 29.4 Å². The van der Waals surface area contributed by atoms with Crippen molar-refractivity contribution >= 4 is 10.1 Å². The molecule has 152 valence electrons. The Morgan fingerprint density at radius 3 is 1.54 bits per heavy atom. The molecule has 0 spiro atoms. The molecular formula is C20H41NaO4S. The van der Waals surface area contributed by atoms with Gasteiger partial charge in [-0.2, -0.15) is 0 Å². The Morgan fingerprint density at radius 2 is 1.04 bits per heavy atom. The molecule has 6 heteroatoms. The zero-order chi connectivity index (χ0) is 19.0. The summed E-state index contributed by atoms with van der Waals surface area (Å²) in [7, 11) is -4.17. The van der Waals surface area contributed by atoms with E-state index in [-0.39, 0.29) is 35.7 Å². The van der Waals surface area contributed by atoms with Crippen LogP contribution in [0.1, 0.15) is 117 Å². The average Bonchev–Trinajstić information content (AvgIpc) is 2.55. The molecule has 0 heterocycles. The number of aliphatic hydroxyl groups excluding tert-OH is 1. The number of aliphatic hydroxyl groups is 1. The van der Waals surface area contributed by atoms with Crippen LogP contribution in [0.4, 0.5) is 0 Å². The van der Waals surface area contributed by atoms with E-state index in [1.807, 2.05) is 0 Å². The van der Waals surface area contributed by atoms with Gasteiger partial charge >= 0.3 is 29.6 Å². The van der Waals surface area contributed by atoms with Crippen LogP contribution in [-0.2, 0) is 10.1 Å². The van der Waals surface area contributed by atoms with E-state index in [0.29, 0.717) is 12.8 Å². The first-order valence-electron chi connectivity index (χ1n) is 10.5. The van der Waals surface area contributed by atoms with Crippen LogP contribution in [0.5, 0.6) is 0 Å². The minimum atomic E-state index is -4.17. The maximum Gasteiger partial charge on any atom is 1.00 e. The summed E-state index contributed by atoms with van der Waals surface area (Å²) in [6.45, 7) is 4.28. The van der Waals surface area contributed by atoms with Crippen molar-refractivity contribution in [3.8, 4) is 0 Å². The van der Waals surface area contributed by atoms with E-state index in [1.165, 1.54) is 32.1 Å². The van der Waals surface area contributed by atoms with Gasteiger partial charge in [0.15, 0.2) is 0 Å². The fourth-order valence-electron chi connectivity index (χ4n) is 3.29. The van der Waals surface area contributed by atoms with Crippen LogP contribution in [0.15, 0.2) is 0 Å². The molecule has 0 radical (unpaired) electrons. The van der Waals surface area contributed by atoms with Crippen molar-refractivity contribution in [2.75, 3.05) is 0 Å². The Balaban J connectivity index is 0. The molecule has 0 amide bonds. The topological polar surface area (TPSA) is 77.4 Å². The third kappa shape index (κ3) is 18.2. The Morgan fingerprint density at radius 1 is 0.692 bits per heavy atom. The predicted molar refractivity (Wildman–Crippen MR) is 105 cm³/mol. The van der Waals surface area contributed by atoms with Crippen molar-refractivity contribution in [2.45, 2.75) is 128 Å². The van der Waals surface area contributed by atoms with E-state index in [4.69, 9.17) is 0 Å². The van der Waals surface area contributed by atoms with E-state index in [1.54, 1.807) is 0 Å². The Labute approximate surface area is 185 Å². The summed E-state index contributed by atoms with van der Waals surface area (Å²) < 4.78 is 33.9. The van der Waals surface area contributed by atoms with Crippen molar-refractivity contribution in [1.82, 2.24) is 0 Å². The van der Waals surface area contributed by atoms with E-state index in [0.717, 1.165) is 57.8 Å². The molecule has 0 aromatic carbocycles. The molecular weight excluding hydrogens is 359 g/mol. The minimum Gasteiger partial charge on any atom is -0.748 e. The minimum absolute atomic E-state index is 0. The molecule has 0 aromatic rings. The molecule has 0 aliphatic heterocycles. The second-order valence-electron chi connectivity index (χ2n) is 7.46. The fraction of sp³-hybridized carbons (Fsp3) is 1.00. The van der Waals surface area contributed by atoms with Crippen LogP contribution < -0.4 is 29.6 Å². The van der Waals surface area contributed by atoms with E-state index in [9.17, 15) is 18.1 Å². The fourth-order valence-corrected chi connectivity index (χ4v) is 4.20. The zero-order valence-electron chi connectivity index (χ0n) is 17.5. The smallest absolute Gasteiger partial charge is 0.748 e. The van der Waals surface area contributed by atoms with Crippen LogP contribution in [0.2, 0.25) is 0 Å². The monoisotopic (exact) mass is 400 g/mol. The largest absolute Gasteiger partial charge is 1.00 e. The Hall–Kier alpha value is 0.870. The summed E-state index contributed by atoms with van der Waals surface area (Å²) in [5.41, 5.74) is 0. The Bertz CT molecular complexity index is 387. The first-order valence-corrected chi connectivity index (χ1v) is 12.0. The van der Waals surface area contributed by atoms with Crippen LogP contribution in [0.3, 0.4) is 0 Å². The van der Waals surface area contributed by atoms with Gasteiger partial charge in [-0.15, -0.1) is 0 Å². The van der Waals surface area contributed by atoms with Crippen molar-refractivity contribution in [3.63, 3.8) is 0 Å². The molecule has 0 bridgehead atoms. The number of hydrogen-bond acceptors (Lipinski definition) is 4. The van der Waals surface area contributed by atoms with Crippen LogP contribution in [0, 0.1) is 0 Å². The van der Waals surface area contributed by atoms with Gasteiger partial charge in [-0.25, -0.2) is 8.42 Å². The summed E-state index contributed by atoms with van der Waals surface area (Å²) in [5.74, 6) is 0. The predicted octanol–water partition coefficient (Wildman–Crippen LogP) is 2.55. The van der Waals surface area contributed by atoms with Crippen molar-refractivity contribution in [3.05, 3.63) is 0 Å². The SMILES string of the molecule is CCCCCCCCC(O)CCCCCC(CCCCC)S(=O)(=O)[O-].[Na+]. The van der Waals surface area contributed by atoms with Crippen LogP contribution in [0.25, 0.3) is 0 Å². The second kappa shape index (κ2) is 19.2. The number of hydrogen-bond donors (Lipinski definition) is 1. The van der Waals surface area contributed by atoms with E-state index < -0.39 is 15.4 Å². The third-order valence-corrected chi connectivity index (χ3v) is 6.28. The average molecular weight is 401 g/mol.